The van der Waals surface area contributed by atoms with Crippen molar-refractivity contribution in [3.63, 3.8) is 0 Å². The second kappa shape index (κ2) is 5.94. The van der Waals surface area contributed by atoms with Crippen molar-refractivity contribution in [2.24, 2.45) is 0 Å². The minimum Gasteiger partial charge on any atom is -0.315 e. The molecule has 0 aliphatic carbocycles. The molecular weight excluding hydrogens is 278 g/mol. The van der Waals surface area contributed by atoms with E-state index in [-0.39, 0.29) is 11.2 Å². The van der Waals surface area contributed by atoms with Crippen molar-refractivity contribution in [1.29, 1.82) is 0 Å². The average molecular weight is 303 g/mol. The van der Waals surface area contributed by atoms with Crippen molar-refractivity contribution < 1.29 is 8.42 Å². The summed E-state index contributed by atoms with van der Waals surface area (Å²) in [7, 11) is -3.03. The van der Waals surface area contributed by atoms with Crippen molar-refractivity contribution in [1.82, 2.24) is 5.32 Å². The Labute approximate surface area is 121 Å². The highest BCUT2D eigenvalue weighted by Gasteiger charge is 2.28. The number of thiophene rings is 1. The monoisotopic (exact) mass is 303 g/mol. The van der Waals surface area contributed by atoms with E-state index in [1.165, 1.54) is 4.88 Å². The molecule has 0 aliphatic heterocycles. The Kier molecular flexibility index (Phi) is 5.21. The van der Waals surface area contributed by atoms with E-state index in [0.717, 1.165) is 6.54 Å². The first kappa shape index (κ1) is 16.7. The summed E-state index contributed by atoms with van der Waals surface area (Å²) in [6.45, 7) is 10.9. The molecule has 0 amide bonds. The summed E-state index contributed by atoms with van der Waals surface area (Å²) in [5.74, 6) is 0.191. The molecule has 1 aromatic heterocycles. The largest absolute Gasteiger partial charge is 0.315 e. The Morgan fingerprint density at radius 1 is 1.21 bits per heavy atom. The van der Waals surface area contributed by atoms with Gasteiger partial charge in [0.05, 0.1) is 10.5 Å². The number of hydrogen-bond acceptors (Lipinski definition) is 4. The molecule has 0 fully saturated rings. The zero-order valence-corrected chi connectivity index (χ0v) is 14.1. The lowest BCUT2D eigenvalue weighted by Crippen LogP contribution is -2.38. The van der Waals surface area contributed by atoms with Gasteiger partial charge < -0.3 is 5.32 Å². The molecule has 0 unspecified atom stereocenters. The molecule has 0 radical (unpaired) electrons. The van der Waals surface area contributed by atoms with Crippen LogP contribution >= 0.6 is 11.3 Å². The summed E-state index contributed by atoms with van der Waals surface area (Å²) in [6.07, 6.45) is 0. The van der Waals surface area contributed by atoms with Crippen molar-refractivity contribution in [2.75, 3.05) is 18.8 Å². The second-order valence-corrected chi connectivity index (χ2v) is 10.3. The van der Waals surface area contributed by atoms with Crippen LogP contribution in [0.1, 0.15) is 39.5 Å². The molecule has 0 bridgehead atoms. The van der Waals surface area contributed by atoms with Crippen LogP contribution in [0.2, 0.25) is 0 Å². The standard InChI is InChI=1S/C14H25NO2S2/c1-13(2,3)19(16,17)10-8-15-11-14(4,5)12-7-6-9-18-12/h6-7,9,15H,8,10-11H2,1-5H3. The van der Waals surface area contributed by atoms with Crippen LogP contribution in [-0.4, -0.2) is 32.0 Å². The third-order valence-corrected chi connectivity index (χ3v) is 7.08. The van der Waals surface area contributed by atoms with Gasteiger partial charge in [-0.3, -0.25) is 0 Å². The molecule has 0 spiro atoms. The molecule has 0 saturated heterocycles. The van der Waals surface area contributed by atoms with Gasteiger partial charge in [-0.15, -0.1) is 11.3 Å². The van der Waals surface area contributed by atoms with Crippen molar-refractivity contribution in [3.8, 4) is 0 Å². The third-order valence-electron chi connectivity index (χ3n) is 3.24. The fourth-order valence-corrected chi connectivity index (χ4v) is 3.54. The third kappa shape index (κ3) is 4.58. The quantitative estimate of drug-likeness (QED) is 0.822. The molecule has 0 aromatic carbocycles. The first-order valence-electron chi connectivity index (χ1n) is 6.53. The van der Waals surface area contributed by atoms with Gasteiger partial charge in [0.1, 0.15) is 0 Å². The summed E-state index contributed by atoms with van der Waals surface area (Å²) in [5.41, 5.74) is 0.0413. The zero-order chi connectivity index (χ0) is 14.7. The lowest BCUT2D eigenvalue weighted by atomic mass is 9.91. The molecule has 0 saturated carbocycles. The first-order chi connectivity index (χ1) is 8.56. The van der Waals surface area contributed by atoms with Crippen LogP contribution in [-0.2, 0) is 15.3 Å². The molecule has 19 heavy (non-hydrogen) atoms. The van der Waals surface area contributed by atoms with Crippen molar-refractivity contribution >= 4 is 21.2 Å². The molecule has 1 rings (SSSR count). The van der Waals surface area contributed by atoms with E-state index in [4.69, 9.17) is 0 Å². The maximum absolute atomic E-state index is 12.0. The van der Waals surface area contributed by atoms with Gasteiger partial charge in [-0.2, -0.15) is 0 Å². The lowest BCUT2D eigenvalue weighted by Gasteiger charge is -2.24. The van der Waals surface area contributed by atoms with E-state index in [0.29, 0.717) is 6.54 Å². The van der Waals surface area contributed by atoms with Crippen LogP contribution in [0.5, 0.6) is 0 Å². The highest BCUT2D eigenvalue weighted by Crippen LogP contribution is 2.26. The Balaban J connectivity index is 2.44. The normalized spacial score (nSPS) is 13.7. The van der Waals surface area contributed by atoms with Gasteiger partial charge in [0.15, 0.2) is 9.84 Å². The minimum atomic E-state index is -3.03. The van der Waals surface area contributed by atoms with Gasteiger partial charge in [0.2, 0.25) is 0 Å². The predicted octanol–water partition coefficient (Wildman–Crippen LogP) is 2.83. The molecule has 3 nitrogen and oxygen atoms in total. The summed E-state index contributed by atoms with van der Waals surface area (Å²) in [5, 5.41) is 5.34. The summed E-state index contributed by atoms with van der Waals surface area (Å²) < 4.78 is 23.3. The van der Waals surface area contributed by atoms with Gasteiger partial charge in [-0.1, -0.05) is 19.9 Å². The molecule has 0 atom stereocenters. The number of sulfone groups is 1. The maximum atomic E-state index is 12.0. The van der Waals surface area contributed by atoms with E-state index in [1.54, 1.807) is 32.1 Å². The summed E-state index contributed by atoms with van der Waals surface area (Å²) in [4.78, 5) is 1.32. The van der Waals surface area contributed by atoms with Gasteiger partial charge in [0.25, 0.3) is 0 Å². The minimum absolute atomic E-state index is 0.0413. The highest BCUT2D eigenvalue weighted by molar-refractivity contribution is 7.92. The average Bonchev–Trinajstić information content (AvgIpc) is 2.76. The fourth-order valence-electron chi connectivity index (χ4n) is 1.66. The molecule has 5 heteroatoms. The smallest absolute Gasteiger partial charge is 0.156 e. The van der Waals surface area contributed by atoms with Crippen LogP contribution in [0.15, 0.2) is 17.5 Å². The SMILES string of the molecule is CC(C)(CNCCS(=O)(=O)C(C)(C)C)c1cccs1. The lowest BCUT2D eigenvalue weighted by molar-refractivity contribution is 0.483. The summed E-state index contributed by atoms with van der Waals surface area (Å²) >= 11 is 1.74. The van der Waals surface area contributed by atoms with E-state index in [9.17, 15) is 8.42 Å². The second-order valence-electron chi connectivity index (χ2n) is 6.47. The van der Waals surface area contributed by atoms with Gasteiger partial charge in [0, 0.05) is 23.4 Å². The van der Waals surface area contributed by atoms with Gasteiger partial charge in [-0.05, 0) is 32.2 Å². The maximum Gasteiger partial charge on any atom is 0.156 e. The van der Waals surface area contributed by atoms with E-state index in [1.807, 2.05) is 6.07 Å². The van der Waals surface area contributed by atoms with Gasteiger partial charge in [-0.25, -0.2) is 8.42 Å². The molecule has 1 aromatic rings. The van der Waals surface area contributed by atoms with Crippen LogP contribution in [0, 0.1) is 0 Å². The van der Waals surface area contributed by atoms with Crippen molar-refractivity contribution in [3.05, 3.63) is 22.4 Å². The van der Waals surface area contributed by atoms with Crippen LogP contribution in [0.4, 0.5) is 0 Å². The van der Waals surface area contributed by atoms with E-state index >= 15 is 0 Å². The number of rotatable bonds is 6. The Morgan fingerprint density at radius 2 is 1.84 bits per heavy atom. The van der Waals surface area contributed by atoms with Crippen LogP contribution < -0.4 is 5.32 Å². The van der Waals surface area contributed by atoms with E-state index < -0.39 is 14.6 Å². The number of hydrogen-bond donors (Lipinski definition) is 1. The highest BCUT2D eigenvalue weighted by atomic mass is 32.2. The van der Waals surface area contributed by atoms with Crippen LogP contribution in [0.25, 0.3) is 0 Å². The topological polar surface area (TPSA) is 46.2 Å². The van der Waals surface area contributed by atoms with Crippen molar-refractivity contribution in [2.45, 2.75) is 44.8 Å². The van der Waals surface area contributed by atoms with Gasteiger partial charge >= 0.3 is 0 Å². The Hall–Kier alpha value is -0.390. The molecule has 1 heterocycles. The molecule has 0 aliphatic rings. The van der Waals surface area contributed by atoms with Crippen LogP contribution in [0.3, 0.4) is 0 Å². The molecule has 110 valence electrons. The number of nitrogens with one attached hydrogen (secondary N) is 1. The fraction of sp³-hybridized carbons (Fsp3) is 0.714. The Bertz CT molecular complexity index is 482. The van der Waals surface area contributed by atoms with E-state index in [2.05, 4.69) is 30.6 Å². The molecule has 1 N–H and O–H groups in total. The summed E-state index contributed by atoms with van der Waals surface area (Å²) in [6, 6.07) is 4.17. The Morgan fingerprint density at radius 3 is 2.32 bits per heavy atom. The predicted molar refractivity (Wildman–Crippen MR) is 83.8 cm³/mol. The molecular formula is C14H25NO2S2. The zero-order valence-electron chi connectivity index (χ0n) is 12.5. The first-order valence-corrected chi connectivity index (χ1v) is 9.06.